The van der Waals surface area contributed by atoms with Gasteiger partial charge in [0.2, 0.25) is 12.0 Å². The number of fused-ring (bicyclic) bond motifs is 1. The topological polar surface area (TPSA) is 148 Å². The summed E-state index contributed by atoms with van der Waals surface area (Å²) in [6, 6.07) is 11.7. The standard InChI is InChI=1S/C23H24O10/c1-29-15-9-14(32-23-20(28)19(27)18(26)16(10-24)33-23)17-12(25)8-13(11-6-4-3-5-7-11)31-22(17)21(15)30-2/h3-9,16,18-20,23-24,26-28H,10H2,1-2H3/t16-,18-,19+,20-,23+/m1/s1. The van der Waals surface area contributed by atoms with Gasteiger partial charge in [-0.2, -0.15) is 0 Å². The van der Waals surface area contributed by atoms with Crippen molar-refractivity contribution < 1.29 is 43.8 Å². The summed E-state index contributed by atoms with van der Waals surface area (Å²) < 4.78 is 28.0. The fourth-order valence-corrected chi connectivity index (χ4v) is 3.73. The first-order chi connectivity index (χ1) is 15.9. The third kappa shape index (κ3) is 4.14. The maximum Gasteiger partial charge on any atom is 0.229 e. The van der Waals surface area contributed by atoms with Gasteiger partial charge in [0.25, 0.3) is 0 Å². The maximum atomic E-state index is 13.2. The second kappa shape index (κ2) is 9.38. The number of aliphatic hydroxyl groups is 4. The first kappa shape index (κ1) is 23.0. The van der Waals surface area contributed by atoms with Crippen LogP contribution in [-0.2, 0) is 4.74 Å². The van der Waals surface area contributed by atoms with Gasteiger partial charge in [-0.15, -0.1) is 0 Å². The predicted octanol–water partition coefficient (Wildman–Crippen LogP) is 0.656. The Labute approximate surface area is 188 Å². The van der Waals surface area contributed by atoms with Crippen molar-refractivity contribution in [3.8, 4) is 28.6 Å². The van der Waals surface area contributed by atoms with Gasteiger partial charge in [-0.3, -0.25) is 4.79 Å². The molecular formula is C23H24O10. The molecule has 4 N–H and O–H groups in total. The molecule has 1 aromatic heterocycles. The van der Waals surface area contributed by atoms with Crippen molar-refractivity contribution in [2.24, 2.45) is 0 Å². The van der Waals surface area contributed by atoms with Crippen molar-refractivity contribution in [1.29, 1.82) is 0 Å². The second-order valence-corrected chi connectivity index (χ2v) is 7.47. The molecular weight excluding hydrogens is 436 g/mol. The Balaban J connectivity index is 1.86. The molecule has 0 saturated carbocycles. The van der Waals surface area contributed by atoms with Crippen LogP contribution < -0.4 is 19.6 Å². The van der Waals surface area contributed by atoms with E-state index in [-0.39, 0.29) is 28.2 Å². The van der Waals surface area contributed by atoms with Crippen LogP contribution in [-0.4, -0.2) is 72.0 Å². The van der Waals surface area contributed by atoms with Crippen molar-refractivity contribution in [2.75, 3.05) is 20.8 Å². The lowest BCUT2D eigenvalue weighted by atomic mass is 9.99. The molecule has 1 saturated heterocycles. The zero-order valence-electron chi connectivity index (χ0n) is 17.9. The Hall–Kier alpha value is -3.15. The van der Waals surface area contributed by atoms with Gasteiger partial charge in [-0.05, 0) is 0 Å². The van der Waals surface area contributed by atoms with Crippen molar-refractivity contribution in [3.05, 3.63) is 52.7 Å². The quantitative estimate of drug-likeness (QED) is 0.413. The van der Waals surface area contributed by atoms with Gasteiger partial charge in [-0.1, -0.05) is 30.3 Å². The van der Waals surface area contributed by atoms with Gasteiger partial charge in [-0.25, -0.2) is 0 Å². The maximum absolute atomic E-state index is 13.2. The molecule has 33 heavy (non-hydrogen) atoms. The lowest BCUT2D eigenvalue weighted by Gasteiger charge is -2.39. The van der Waals surface area contributed by atoms with Crippen LogP contribution in [0.15, 0.2) is 51.7 Å². The fourth-order valence-electron chi connectivity index (χ4n) is 3.73. The van der Waals surface area contributed by atoms with Crippen molar-refractivity contribution in [3.63, 3.8) is 0 Å². The van der Waals surface area contributed by atoms with E-state index >= 15 is 0 Å². The predicted molar refractivity (Wildman–Crippen MR) is 115 cm³/mol. The highest BCUT2D eigenvalue weighted by atomic mass is 16.7. The molecule has 2 aromatic carbocycles. The second-order valence-electron chi connectivity index (χ2n) is 7.47. The van der Waals surface area contributed by atoms with Crippen LogP contribution in [0.5, 0.6) is 17.2 Å². The van der Waals surface area contributed by atoms with E-state index in [0.29, 0.717) is 11.3 Å². The number of rotatable bonds is 6. The minimum atomic E-state index is -1.67. The van der Waals surface area contributed by atoms with Crippen LogP contribution in [0, 0.1) is 0 Å². The van der Waals surface area contributed by atoms with Gasteiger partial charge < -0.3 is 43.8 Å². The Bertz CT molecular complexity index is 1170. The molecule has 5 atom stereocenters. The summed E-state index contributed by atoms with van der Waals surface area (Å²) >= 11 is 0. The van der Waals surface area contributed by atoms with Crippen LogP contribution in [0.3, 0.4) is 0 Å². The molecule has 4 rings (SSSR count). The Morgan fingerprint density at radius 1 is 0.939 bits per heavy atom. The molecule has 1 fully saturated rings. The van der Waals surface area contributed by atoms with E-state index < -0.39 is 42.7 Å². The van der Waals surface area contributed by atoms with E-state index in [1.807, 2.05) is 6.07 Å². The normalized spacial score (nSPS) is 25.1. The minimum Gasteiger partial charge on any atom is -0.493 e. The highest BCUT2D eigenvalue weighted by Crippen LogP contribution is 2.42. The number of hydrogen-bond donors (Lipinski definition) is 4. The van der Waals surface area contributed by atoms with E-state index in [2.05, 4.69) is 0 Å². The van der Waals surface area contributed by atoms with E-state index in [1.165, 1.54) is 26.4 Å². The SMILES string of the molecule is COc1cc(O[C@H]2O[C@H](CO)[C@@H](O)[C@H](O)[C@H]2O)c2c(=O)cc(-c3ccccc3)oc2c1OC. The van der Waals surface area contributed by atoms with Gasteiger partial charge in [0, 0.05) is 17.7 Å². The van der Waals surface area contributed by atoms with Gasteiger partial charge in [0.15, 0.2) is 16.8 Å². The van der Waals surface area contributed by atoms with E-state index in [1.54, 1.807) is 24.3 Å². The van der Waals surface area contributed by atoms with E-state index in [0.717, 1.165) is 0 Å². The van der Waals surface area contributed by atoms with Gasteiger partial charge in [0.05, 0.1) is 20.8 Å². The largest absolute Gasteiger partial charge is 0.493 e. The third-order valence-corrected chi connectivity index (χ3v) is 5.46. The lowest BCUT2D eigenvalue weighted by molar-refractivity contribution is -0.277. The van der Waals surface area contributed by atoms with E-state index in [4.69, 9.17) is 23.4 Å². The average Bonchev–Trinajstić information content (AvgIpc) is 2.84. The van der Waals surface area contributed by atoms with Crippen LogP contribution >= 0.6 is 0 Å². The molecule has 0 amide bonds. The highest BCUT2D eigenvalue weighted by Gasteiger charge is 2.45. The summed E-state index contributed by atoms with van der Waals surface area (Å²) in [6.07, 6.45) is -7.54. The molecule has 1 aliphatic heterocycles. The van der Waals surface area contributed by atoms with Gasteiger partial charge >= 0.3 is 0 Å². The Kier molecular flexibility index (Phi) is 6.54. The molecule has 10 nitrogen and oxygen atoms in total. The highest BCUT2D eigenvalue weighted by molar-refractivity contribution is 5.92. The molecule has 0 unspecified atom stereocenters. The Morgan fingerprint density at radius 3 is 2.30 bits per heavy atom. The molecule has 3 aromatic rings. The smallest absolute Gasteiger partial charge is 0.229 e. The van der Waals surface area contributed by atoms with E-state index in [9.17, 15) is 25.2 Å². The summed E-state index contributed by atoms with van der Waals surface area (Å²) in [7, 11) is 2.78. The van der Waals surface area contributed by atoms with Crippen molar-refractivity contribution in [1.82, 2.24) is 0 Å². The first-order valence-electron chi connectivity index (χ1n) is 10.1. The molecule has 1 aliphatic rings. The van der Waals surface area contributed by atoms with Crippen molar-refractivity contribution in [2.45, 2.75) is 30.7 Å². The summed E-state index contributed by atoms with van der Waals surface area (Å²) in [5.41, 5.74) is 0.246. The summed E-state index contributed by atoms with van der Waals surface area (Å²) in [5.74, 6) is 0.556. The summed E-state index contributed by atoms with van der Waals surface area (Å²) in [6.45, 7) is -0.625. The summed E-state index contributed by atoms with van der Waals surface area (Å²) in [4.78, 5) is 13.2. The third-order valence-electron chi connectivity index (χ3n) is 5.46. The molecule has 10 heteroatoms. The fraction of sp³-hybridized carbons (Fsp3) is 0.348. The molecule has 0 aliphatic carbocycles. The number of methoxy groups -OCH3 is 2. The molecule has 0 radical (unpaired) electrons. The van der Waals surface area contributed by atoms with Crippen LogP contribution in [0.25, 0.3) is 22.3 Å². The molecule has 2 heterocycles. The number of hydrogen-bond acceptors (Lipinski definition) is 10. The number of benzene rings is 2. The zero-order chi connectivity index (χ0) is 23.7. The molecule has 0 spiro atoms. The lowest BCUT2D eigenvalue weighted by Crippen LogP contribution is -2.60. The average molecular weight is 460 g/mol. The molecule has 176 valence electrons. The van der Waals surface area contributed by atoms with Crippen molar-refractivity contribution >= 4 is 11.0 Å². The number of aliphatic hydroxyl groups excluding tert-OH is 4. The first-order valence-corrected chi connectivity index (χ1v) is 10.1. The zero-order valence-corrected chi connectivity index (χ0v) is 17.9. The van der Waals surface area contributed by atoms with Crippen LogP contribution in [0.1, 0.15) is 0 Å². The monoisotopic (exact) mass is 460 g/mol. The van der Waals surface area contributed by atoms with Gasteiger partial charge in [0.1, 0.15) is 41.3 Å². The summed E-state index contributed by atoms with van der Waals surface area (Å²) in [5, 5.41) is 39.8. The minimum absolute atomic E-state index is 0.00992. The Morgan fingerprint density at radius 2 is 1.67 bits per heavy atom. The number of ether oxygens (including phenoxy) is 4. The van der Waals surface area contributed by atoms with Crippen LogP contribution in [0.2, 0.25) is 0 Å². The molecule has 0 bridgehead atoms. The van der Waals surface area contributed by atoms with Crippen LogP contribution in [0.4, 0.5) is 0 Å².